The number of hydrogen-bond donors (Lipinski definition) is 1. The van der Waals surface area contributed by atoms with Gasteiger partial charge in [-0.15, -0.1) is 0 Å². The molecule has 0 unspecified atom stereocenters. The van der Waals surface area contributed by atoms with E-state index in [1.807, 2.05) is 12.1 Å². The Bertz CT molecular complexity index is 683. The van der Waals surface area contributed by atoms with Gasteiger partial charge < -0.3 is 10.2 Å². The van der Waals surface area contributed by atoms with Crippen molar-refractivity contribution in [1.82, 2.24) is 9.80 Å². The van der Waals surface area contributed by atoms with Gasteiger partial charge in [0.25, 0.3) is 0 Å². The summed E-state index contributed by atoms with van der Waals surface area (Å²) in [5.41, 5.74) is 2.43. The molecule has 2 amide bonds. The molecule has 26 heavy (non-hydrogen) atoms. The predicted molar refractivity (Wildman–Crippen MR) is 102 cm³/mol. The molecule has 1 spiro atoms. The molecule has 1 aromatic carbocycles. The standard InChI is InChI=1S/C21H29N3O2/c1-16(25)22-18-5-3-17(4-6-18)13-23-12-2-10-21(14-23)11-9-20(26)24(15-21)19-7-8-19/h3-6,19H,2,7-15H2,1H3,(H,22,25)/t21-/m0/s1. The number of amides is 2. The summed E-state index contributed by atoms with van der Waals surface area (Å²) in [4.78, 5) is 28.1. The van der Waals surface area contributed by atoms with Crippen LogP contribution >= 0.6 is 0 Å². The lowest BCUT2D eigenvalue weighted by atomic mass is 9.73. The molecule has 1 N–H and O–H groups in total. The molecule has 2 aliphatic heterocycles. The number of carbonyl (C=O) groups excluding carboxylic acids is 2. The van der Waals surface area contributed by atoms with Gasteiger partial charge in [0.15, 0.2) is 0 Å². The molecule has 2 saturated heterocycles. The summed E-state index contributed by atoms with van der Waals surface area (Å²) in [6, 6.07) is 8.70. The molecule has 0 aromatic heterocycles. The van der Waals surface area contributed by atoms with Crippen LogP contribution in [0.3, 0.4) is 0 Å². The van der Waals surface area contributed by atoms with Crippen molar-refractivity contribution in [3.63, 3.8) is 0 Å². The van der Waals surface area contributed by atoms with E-state index in [9.17, 15) is 9.59 Å². The third-order valence-electron chi connectivity index (χ3n) is 6.10. The van der Waals surface area contributed by atoms with Crippen molar-refractivity contribution >= 4 is 17.5 Å². The number of nitrogens with one attached hydrogen (secondary N) is 1. The van der Waals surface area contributed by atoms with Crippen molar-refractivity contribution in [1.29, 1.82) is 0 Å². The number of nitrogens with zero attached hydrogens (tertiary/aromatic N) is 2. The fourth-order valence-electron chi connectivity index (χ4n) is 4.70. The first-order valence-electron chi connectivity index (χ1n) is 9.91. The van der Waals surface area contributed by atoms with E-state index >= 15 is 0 Å². The highest BCUT2D eigenvalue weighted by Crippen LogP contribution is 2.42. The maximum absolute atomic E-state index is 12.3. The van der Waals surface area contributed by atoms with Gasteiger partial charge in [0, 0.05) is 50.1 Å². The minimum Gasteiger partial charge on any atom is -0.339 e. The Balaban J connectivity index is 1.39. The molecule has 5 heteroatoms. The van der Waals surface area contributed by atoms with Crippen LogP contribution in [0.4, 0.5) is 5.69 Å². The minimum atomic E-state index is -0.0391. The van der Waals surface area contributed by atoms with Gasteiger partial charge in [-0.3, -0.25) is 14.5 Å². The zero-order valence-electron chi connectivity index (χ0n) is 15.7. The number of piperidine rings is 2. The van der Waals surface area contributed by atoms with Gasteiger partial charge in [-0.25, -0.2) is 0 Å². The maximum Gasteiger partial charge on any atom is 0.222 e. The molecule has 3 fully saturated rings. The summed E-state index contributed by atoms with van der Waals surface area (Å²) >= 11 is 0. The van der Waals surface area contributed by atoms with Gasteiger partial charge in [-0.1, -0.05) is 12.1 Å². The smallest absolute Gasteiger partial charge is 0.222 e. The molecule has 0 radical (unpaired) electrons. The number of anilines is 1. The van der Waals surface area contributed by atoms with Crippen LogP contribution in [-0.2, 0) is 16.1 Å². The zero-order chi connectivity index (χ0) is 18.1. The normalized spacial score (nSPS) is 27.0. The molecular weight excluding hydrogens is 326 g/mol. The second-order valence-corrected chi connectivity index (χ2v) is 8.45. The monoisotopic (exact) mass is 355 g/mol. The first-order valence-corrected chi connectivity index (χ1v) is 9.91. The van der Waals surface area contributed by atoms with E-state index in [-0.39, 0.29) is 5.91 Å². The Hall–Kier alpha value is -1.88. The summed E-state index contributed by atoms with van der Waals surface area (Å²) in [5, 5.41) is 2.82. The third kappa shape index (κ3) is 3.93. The van der Waals surface area contributed by atoms with Crippen molar-refractivity contribution < 1.29 is 9.59 Å². The van der Waals surface area contributed by atoms with Gasteiger partial charge in [0.05, 0.1) is 0 Å². The van der Waals surface area contributed by atoms with Gasteiger partial charge in [-0.05, 0) is 56.3 Å². The Labute approximate surface area is 155 Å². The largest absolute Gasteiger partial charge is 0.339 e. The van der Waals surface area contributed by atoms with Gasteiger partial charge in [0.1, 0.15) is 0 Å². The summed E-state index contributed by atoms with van der Waals surface area (Å²) in [6.45, 7) is 5.67. The highest BCUT2D eigenvalue weighted by Gasteiger charge is 2.45. The lowest BCUT2D eigenvalue weighted by Gasteiger charge is -2.48. The zero-order valence-corrected chi connectivity index (χ0v) is 15.7. The van der Waals surface area contributed by atoms with E-state index in [2.05, 4.69) is 27.2 Å². The first kappa shape index (κ1) is 17.5. The van der Waals surface area contributed by atoms with Crippen LogP contribution < -0.4 is 5.32 Å². The highest BCUT2D eigenvalue weighted by atomic mass is 16.2. The average molecular weight is 355 g/mol. The van der Waals surface area contributed by atoms with Crippen LogP contribution in [0.2, 0.25) is 0 Å². The fourth-order valence-corrected chi connectivity index (χ4v) is 4.70. The van der Waals surface area contributed by atoms with Gasteiger partial charge >= 0.3 is 0 Å². The van der Waals surface area contributed by atoms with E-state index in [4.69, 9.17) is 0 Å². The Morgan fingerprint density at radius 3 is 2.65 bits per heavy atom. The van der Waals surface area contributed by atoms with Crippen molar-refractivity contribution in [2.24, 2.45) is 5.41 Å². The third-order valence-corrected chi connectivity index (χ3v) is 6.10. The summed E-state index contributed by atoms with van der Waals surface area (Å²) in [5.74, 6) is 0.339. The summed E-state index contributed by atoms with van der Waals surface area (Å²) in [7, 11) is 0. The number of rotatable bonds is 4. The first-order chi connectivity index (χ1) is 12.5. The minimum absolute atomic E-state index is 0.0391. The fraction of sp³-hybridized carbons (Fsp3) is 0.619. The van der Waals surface area contributed by atoms with Crippen molar-refractivity contribution in [2.45, 2.75) is 58.0 Å². The lowest BCUT2D eigenvalue weighted by molar-refractivity contribution is -0.140. The van der Waals surface area contributed by atoms with Gasteiger partial charge in [-0.2, -0.15) is 0 Å². The number of carbonyl (C=O) groups is 2. The van der Waals surface area contributed by atoms with E-state index in [0.717, 1.165) is 44.7 Å². The van der Waals surface area contributed by atoms with Crippen LogP contribution in [0, 0.1) is 5.41 Å². The molecule has 1 aromatic rings. The van der Waals surface area contributed by atoms with Crippen LogP contribution in [-0.4, -0.2) is 47.3 Å². The molecule has 4 rings (SSSR count). The maximum atomic E-state index is 12.3. The van der Waals surface area contributed by atoms with Gasteiger partial charge in [0.2, 0.25) is 11.8 Å². The van der Waals surface area contributed by atoms with E-state index in [1.165, 1.54) is 38.2 Å². The summed E-state index contributed by atoms with van der Waals surface area (Å²) < 4.78 is 0. The van der Waals surface area contributed by atoms with Crippen molar-refractivity contribution in [3.8, 4) is 0 Å². The van der Waals surface area contributed by atoms with Crippen molar-refractivity contribution in [3.05, 3.63) is 29.8 Å². The molecule has 140 valence electrons. The molecule has 2 heterocycles. The van der Waals surface area contributed by atoms with Crippen LogP contribution in [0.25, 0.3) is 0 Å². The molecule has 0 bridgehead atoms. The quantitative estimate of drug-likeness (QED) is 0.903. The van der Waals surface area contributed by atoms with Crippen LogP contribution in [0.15, 0.2) is 24.3 Å². The molecule has 1 atom stereocenters. The lowest BCUT2D eigenvalue weighted by Crippen LogP contribution is -2.54. The predicted octanol–water partition coefficient (Wildman–Crippen LogP) is 3.01. The van der Waals surface area contributed by atoms with E-state index in [0.29, 0.717) is 17.4 Å². The topological polar surface area (TPSA) is 52.7 Å². The van der Waals surface area contributed by atoms with Crippen LogP contribution in [0.1, 0.15) is 51.0 Å². The van der Waals surface area contributed by atoms with Crippen LogP contribution in [0.5, 0.6) is 0 Å². The number of benzene rings is 1. The molecule has 3 aliphatic rings. The Morgan fingerprint density at radius 2 is 1.96 bits per heavy atom. The molecule has 5 nitrogen and oxygen atoms in total. The molecule has 1 saturated carbocycles. The summed E-state index contributed by atoms with van der Waals surface area (Å²) in [6.07, 6.45) is 6.65. The second kappa shape index (κ2) is 7.03. The van der Waals surface area contributed by atoms with Crippen molar-refractivity contribution in [2.75, 3.05) is 25.0 Å². The van der Waals surface area contributed by atoms with E-state index in [1.54, 1.807) is 0 Å². The Kier molecular flexibility index (Phi) is 4.74. The van der Waals surface area contributed by atoms with E-state index < -0.39 is 0 Å². The number of likely N-dealkylation sites (tertiary alicyclic amines) is 2. The number of hydrogen-bond acceptors (Lipinski definition) is 3. The highest BCUT2D eigenvalue weighted by molar-refractivity contribution is 5.88. The average Bonchev–Trinajstić information content (AvgIpc) is 3.44. The SMILES string of the molecule is CC(=O)Nc1ccc(CN2CCC[C@]3(CCC(=O)N(C4CC4)C3)C2)cc1. The second-order valence-electron chi connectivity index (χ2n) is 8.45. The molecular formula is C21H29N3O2. The molecule has 1 aliphatic carbocycles. The Morgan fingerprint density at radius 1 is 1.19 bits per heavy atom.